The van der Waals surface area contributed by atoms with Crippen LogP contribution in [0.4, 0.5) is 0 Å². The fraction of sp³-hybridized carbons (Fsp3) is 1.00. The fourth-order valence-corrected chi connectivity index (χ4v) is 0.899. The zero-order valence-electron chi connectivity index (χ0n) is 6.69. The average molecular weight is 164 g/mol. The molecule has 4 N–H and O–H groups in total. The highest BCUT2D eigenvalue weighted by Gasteiger charge is 2.35. The Balaban J connectivity index is 4.26. The predicted octanol–water partition coefficient (Wildman–Crippen LogP) is -1.28. The van der Waals surface area contributed by atoms with Gasteiger partial charge in [0.05, 0.1) is 31.3 Å². The smallest absolute Gasteiger partial charge is 0.0660 e. The van der Waals surface area contributed by atoms with Gasteiger partial charge in [-0.2, -0.15) is 0 Å². The third-order valence-electron chi connectivity index (χ3n) is 2.04. The molecule has 0 aromatic carbocycles. The van der Waals surface area contributed by atoms with Gasteiger partial charge in [-0.25, -0.2) is 0 Å². The molecule has 0 amide bonds. The Kier molecular flexibility index (Phi) is 4.60. The second-order valence-electron chi connectivity index (χ2n) is 2.76. The van der Waals surface area contributed by atoms with E-state index in [2.05, 4.69) is 0 Å². The summed E-state index contributed by atoms with van der Waals surface area (Å²) in [6.07, 6.45) is -0.454. The van der Waals surface area contributed by atoms with Gasteiger partial charge >= 0.3 is 0 Å². The first-order valence-electron chi connectivity index (χ1n) is 3.67. The first-order valence-corrected chi connectivity index (χ1v) is 3.67. The van der Waals surface area contributed by atoms with Gasteiger partial charge in [-0.3, -0.25) is 0 Å². The SMILES string of the molecule is CCC(O)C(CO)(CO)CO. The molecule has 0 heterocycles. The molecule has 0 rings (SSSR count). The molecular weight excluding hydrogens is 148 g/mol. The minimum Gasteiger partial charge on any atom is -0.396 e. The molecule has 0 radical (unpaired) electrons. The Bertz CT molecular complexity index is 92.3. The zero-order valence-corrected chi connectivity index (χ0v) is 6.69. The van der Waals surface area contributed by atoms with Gasteiger partial charge in [0.1, 0.15) is 0 Å². The molecule has 1 atom stereocenters. The van der Waals surface area contributed by atoms with E-state index < -0.39 is 31.3 Å². The summed E-state index contributed by atoms with van der Waals surface area (Å²) in [5.41, 5.74) is -1.14. The van der Waals surface area contributed by atoms with E-state index >= 15 is 0 Å². The normalized spacial score (nSPS) is 15.0. The molecular formula is C7H16O4. The van der Waals surface area contributed by atoms with Gasteiger partial charge in [0.2, 0.25) is 0 Å². The molecule has 0 aliphatic carbocycles. The number of rotatable bonds is 5. The van der Waals surface area contributed by atoms with Crippen molar-refractivity contribution in [2.75, 3.05) is 19.8 Å². The first kappa shape index (κ1) is 10.8. The number of hydrogen-bond acceptors (Lipinski definition) is 4. The van der Waals surface area contributed by atoms with Crippen molar-refractivity contribution in [3.05, 3.63) is 0 Å². The monoisotopic (exact) mass is 164 g/mol. The summed E-state index contributed by atoms with van der Waals surface area (Å²) in [5.74, 6) is 0. The molecule has 0 aromatic rings. The minimum atomic E-state index is -1.14. The van der Waals surface area contributed by atoms with E-state index in [1.54, 1.807) is 6.92 Å². The molecule has 0 aliphatic heterocycles. The molecule has 0 aromatic heterocycles. The lowest BCUT2D eigenvalue weighted by Crippen LogP contribution is -2.44. The van der Waals surface area contributed by atoms with Crippen molar-refractivity contribution in [2.24, 2.45) is 5.41 Å². The highest BCUT2D eigenvalue weighted by Crippen LogP contribution is 2.22. The molecule has 68 valence electrons. The lowest BCUT2D eigenvalue weighted by molar-refractivity contribution is -0.0838. The van der Waals surface area contributed by atoms with Gasteiger partial charge in [-0.15, -0.1) is 0 Å². The van der Waals surface area contributed by atoms with Gasteiger partial charge in [0.15, 0.2) is 0 Å². The van der Waals surface area contributed by atoms with Crippen molar-refractivity contribution in [3.8, 4) is 0 Å². The van der Waals surface area contributed by atoms with E-state index in [0.717, 1.165) is 0 Å². The summed E-state index contributed by atoms with van der Waals surface area (Å²) in [6, 6.07) is 0. The molecule has 4 heteroatoms. The van der Waals surface area contributed by atoms with Crippen LogP contribution in [-0.2, 0) is 0 Å². The summed E-state index contributed by atoms with van der Waals surface area (Å²) >= 11 is 0. The Morgan fingerprint density at radius 2 is 1.45 bits per heavy atom. The Morgan fingerprint density at radius 3 is 1.55 bits per heavy atom. The molecule has 0 saturated heterocycles. The minimum absolute atomic E-state index is 0.404. The first-order chi connectivity index (χ1) is 5.16. The standard InChI is InChI=1S/C7H16O4/c1-2-6(11)7(3-8,4-9)5-10/h6,8-11H,2-5H2,1H3. The van der Waals surface area contributed by atoms with Crippen molar-refractivity contribution >= 4 is 0 Å². The van der Waals surface area contributed by atoms with Crippen LogP contribution in [0.15, 0.2) is 0 Å². The van der Waals surface area contributed by atoms with E-state index in [4.69, 9.17) is 15.3 Å². The average Bonchev–Trinajstić information content (AvgIpc) is 2.08. The summed E-state index contributed by atoms with van der Waals surface area (Å²) in [6.45, 7) is 0.499. The van der Waals surface area contributed by atoms with Crippen LogP contribution in [0, 0.1) is 5.41 Å². The summed E-state index contributed by atoms with van der Waals surface area (Å²) < 4.78 is 0. The topological polar surface area (TPSA) is 80.9 Å². The summed E-state index contributed by atoms with van der Waals surface area (Å²) in [4.78, 5) is 0. The van der Waals surface area contributed by atoms with Crippen molar-refractivity contribution in [1.29, 1.82) is 0 Å². The Morgan fingerprint density at radius 1 is 1.09 bits per heavy atom. The van der Waals surface area contributed by atoms with Crippen LogP contribution in [0.1, 0.15) is 13.3 Å². The van der Waals surface area contributed by atoms with Crippen LogP contribution in [-0.4, -0.2) is 46.4 Å². The Hall–Kier alpha value is -0.160. The van der Waals surface area contributed by atoms with Crippen LogP contribution in [0.5, 0.6) is 0 Å². The van der Waals surface area contributed by atoms with Gasteiger partial charge in [0, 0.05) is 0 Å². The lowest BCUT2D eigenvalue weighted by atomic mass is 9.83. The molecule has 0 fully saturated rings. The van der Waals surface area contributed by atoms with Gasteiger partial charge in [-0.05, 0) is 6.42 Å². The maximum absolute atomic E-state index is 9.29. The van der Waals surface area contributed by atoms with Crippen molar-refractivity contribution in [1.82, 2.24) is 0 Å². The van der Waals surface area contributed by atoms with E-state index in [-0.39, 0.29) is 0 Å². The van der Waals surface area contributed by atoms with Crippen molar-refractivity contribution < 1.29 is 20.4 Å². The van der Waals surface area contributed by atoms with Gasteiger partial charge in [0.25, 0.3) is 0 Å². The molecule has 1 unspecified atom stereocenters. The quantitative estimate of drug-likeness (QED) is 0.408. The molecule has 0 spiro atoms. The molecule has 0 saturated carbocycles. The highest BCUT2D eigenvalue weighted by atomic mass is 16.3. The highest BCUT2D eigenvalue weighted by molar-refractivity contribution is 4.83. The molecule has 11 heavy (non-hydrogen) atoms. The maximum atomic E-state index is 9.29. The van der Waals surface area contributed by atoms with Gasteiger partial charge in [-0.1, -0.05) is 6.92 Å². The van der Waals surface area contributed by atoms with E-state index in [1.807, 2.05) is 0 Å². The number of aliphatic hydroxyl groups excluding tert-OH is 4. The van der Waals surface area contributed by atoms with Crippen LogP contribution >= 0.6 is 0 Å². The predicted molar refractivity (Wildman–Crippen MR) is 40.0 cm³/mol. The third-order valence-corrected chi connectivity index (χ3v) is 2.04. The van der Waals surface area contributed by atoms with Crippen LogP contribution in [0.2, 0.25) is 0 Å². The number of hydrogen-bond donors (Lipinski definition) is 4. The Labute approximate surface area is 66.1 Å². The third kappa shape index (κ3) is 2.13. The molecule has 4 nitrogen and oxygen atoms in total. The second-order valence-corrected chi connectivity index (χ2v) is 2.76. The summed E-state index contributed by atoms with van der Waals surface area (Å²) in [5, 5.41) is 35.7. The lowest BCUT2D eigenvalue weighted by Gasteiger charge is -2.31. The van der Waals surface area contributed by atoms with E-state index in [9.17, 15) is 5.11 Å². The number of aliphatic hydroxyl groups is 4. The van der Waals surface area contributed by atoms with Crippen LogP contribution in [0.3, 0.4) is 0 Å². The van der Waals surface area contributed by atoms with Crippen molar-refractivity contribution in [3.63, 3.8) is 0 Å². The fourth-order valence-electron chi connectivity index (χ4n) is 0.899. The van der Waals surface area contributed by atoms with Crippen molar-refractivity contribution in [2.45, 2.75) is 19.4 Å². The van der Waals surface area contributed by atoms with E-state index in [1.165, 1.54) is 0 Å². The van der Waals surface area contributed by atoms with Crippen LogP contribution in [0.25, 0.3) is 0 Å². The van der Waals surface area contributed by atoms with Crippen LogP contribution < -0.4 is 0 Å². The summed E-state index contributed by atoms with van der Waals surface area (Å²) in [7, 11) is 0. The second kappa shape index (κ2) is 4.66. The largest absolute Gasteiger partial charge is 0.396 e. The van der Waals surface area contributed by atoms with Gasteiger partial charge < -0.3 is 20.4 Å². The molecule has 0 bridgehead atoms. The van der Waals surface area contributed by atoms with E-state index in [0.29, 0.717) is 6.42 Å². The zero-order chi connectivity index (χ0) is 8.91. The molecule has 0 aliphatic rings. The maximum Gasteiger partial charge on any atom is 0.0660 e.